The van der Waals surface area contributed by atoms with Crippen molar-refractivity contribution >= 4 is 28.6 Å². The van der Waals surface area contributed by atoms with E-state index in [0.29, 0.717) is 43.3 Å². The van der Waals surface area contributed by atoms with Gasteiger partial charge < -0.3 is 19.8 Å². The number of methoxy groups -OCH3 is 1. The van der Waals surface area contributed by atoms with Crippen molar-refractivity contribution in [3.05, 3.63) is 23.0 Å². The van der Waals surface area contributed by atoms with Crippen LogP contribution in [0.5, 0.6) is 0 Å². The summed E-state index contributed by atoms with van der Waals surface area (Å²) in [5, 5.41) is 0.0543. The number of aryl methyl sites for hydroxylation is 1. The molecule has 0 saturated carbocycles. The van der Waals surface area contributed by atoms with Crippen molar-refractivity contribution < 1.29 is 13.9 Å². The number of rotatable bonds is 8. The number of halogens is 2. The van der Waals surface area contributed by atoms with Crippen LogP contribution in [0.25, 0.3) is 11.0 Å². The van der Waals surface area contributed by atoms with E-state index in [4.69, 9.17) is 26.8 Å². The highest BCUT2D eigenvalue weighted by Crippen LogP contribution is 2.25. The van der Waals surface area contributed by atoms with Crippen LogP contribution in [0.2, 0.25) is 5.02 Å². The average Bonchev–Trinajstić information content (AvgIpc) is 2.74. The smallest absolute Gasteiger partial charge is 0.201 e. The van der Waals surface area contributed by atoms with E-state index in [-0.39, 0.29) is 5.02 Å². The number of benzene rings is 1. The molecular weight excluding hydrogens is 297 g/mol. The Morgan fingerprint density at radius 1 is 1.29 bits per heavy atom. The fraction of sp³-hybridized carbons (Fsp3) is 0.500. The third kappa shape index (κ3) is 4.06. The van der Waals surface area contributed by atoms with Gasteiger partial charge in [-0.05, 0) is 18.9 Å². The number of nitrogens with two attached hydrogens (primary N) is 1. The highest BCUT2D eigenvalue weighted by Gasteiger charge is 2.11. The topological polar surface area (TPSA) is 62.3 Å². The Bertz CT molecular complexity index is 603. The van der Waals surface area contributed by atoms with Crippen LogP contribution in [-0.2, 0) is 16.0 Å². The summed E-state index contributed by atoms with van der Waals surface area (Å²) >= 11 is 5.74. The highest BCUT2D eigenvalue weighted by molar-refractivity contribution is 6.31. The largest absolute Gasteiger partial charge is 0.382 e. The highest BCUT2D eigenvalue weighted by atomic mass is 35.5. The van der Waals surface area contributed by atoms with Crippen molar-refractivity contribution in [1.29, 1.82) is 0 Å². The number of aromatic nitrogens is 2. The van der Waals surface area contributed by atoms with Crippen LogP contribution in [0.15, 0.2) is 12.1 Å². The van der Waals surface area contributed by atoms with E-state index in [9.17, 15) is 4.39 Å². The molecule has 0 aliphatic carbocycles. The van der Waals surface area contributed by atoms with E-state index >= 15 is 0 Å². The second-order valence-corrected chi connectivity index (χ2v) is 5.10. The van der Waals surface area contributed by atoms with Gasteiger partial charge in [-0.15, -0.1) is 0 Å². The van der Waals surface area contributed by atoms with Crippen LogP contribution in [0.3, 0.4) is 0 Å². The normalized spacial score (nSPS) is 11.4. The molecule has 2 rings (SSSR count). The van der Waals surface area contributed by atoms with Crippen molar-refractivity contribution in [1.82, 2.24) is 9.55 Å². The molecule has 5 nitrogen and oxygen atoms in total. The van der Waals surface area contributed by atoms with E-state index in [0.717, 1.165) is 12.8 Å². The van der Waals surface area contributed by atoms with Gasteiger partial charge in [0, 0.05) is 26.3 Å². The molecule has 0 radical (unpaired) electrons. The van der Waals surface area contributed by atoms with Crippen LogP contribution in [-0.4, -0.2) is 36.5 Å². The Morgan fingerprint density at radius 3 is 2.86 bits per heavy atom. The van der Waals surface area contributed by atoms with E-state index in [2.05, 4.69) is 4.98 Å². The Balaban J connectivity index is 1.93. The molecule has 2 aromatic rings. The summed E-state index contributed by atoms with van der Waals surface area (Å²) in [6.45, 7) is 2.52. The van der Waals surface area contributed by atoms with Gasteiger partial charge in [-0.2, -0.15) is 0 Å². The Morgan fingerprint density at radius 2 is 2.10 bits per heavy atom. The molecule has 1 aromatic heterocycles. The monoisotopic (exact) mass is 315 g/mol. The third-order valence-corrected chi connectivity index (χ3v) is 3.46. The van der Waals surface area contributed by atoms with E-state index < -0.39 is 5.82 Å². The number of fused-ring (bicyclic) bond motifs is 1. The van der Waals surface area contributed by atoms with Gasteiger partial charge in [-0.1, -0.05) is 11.6 Å². The molecule has 0 aliphatic rings. The van der Waals surface area contributed by atoms with Gasteiger partial charge in [-0.25, -0.2) is 9.37 Å². The number of anilines is 1. The summed E-state index contributed by atoms with van der Waals surface area (Å²) in [5.41, 5.74) is 7.14. The Kier molecular flexibility index (Phi) is 5.78. The lowest BCUT2D eigenvalue weighted by molar-refractivity contribution is 0.0684. The van der Waals surface area contributed by atoms with Crippen molar-refractivity contribution in [3.8, 4) is 0 Å². The summed E-state index contributed by atoms with van der Waals surface area (Å²) < 4.78 is 25.6. The molecular formula is C14H19ClFN3O2. The van der Waals surface area contributed by atoms with Gasteiger partial charge in [0.15, 0.2) is 0 Å². The molecule has 0 fully saturated rings. The van der Waals surface area contributed by atoms with Gasteiger partial charge >= 0.3 is 0 Å². The van der Waals surface area contributed by atoms with Crippen LogP contribution in [0.4, 0.5) is 10.3 Å². The second-order valence-electron chi connectivity index (χ2n) is 4.69. The maximum atomic E-state index is 13.6. The molecule has 21 heavy (non-hydrogen) atoms. The fourth-order valence-electron chi connectivity index (χ4n) is 2.09. The van der Waals surface area contributed by atoms with Gasteiger partial charge in [0.25, 0.3) is 0 Å². The lowest BCUT2D eigenvalue weighted by atomic mass is 10.3. The van der Waals surface area contributed by atoms with Crippen LogP contribution in [0, 0.1) is 5.82 Å². The zero-order chi connectivity index (χ0) is 15.2. The van der Waals surface area contributed by atoms with Crippen LogP contribution >= 0.6 is 11.6 Å². The predicted molar refractivity (Wildman–Crippen MR) is 81.0 cm³/mol. The lowest BCUT2D eigenvalue weighted by Gasteiger charge is -2.07. The first-order valence-electron chi connectivity index (χ1n) is 6.81. The molecule has 1 aromatic carbocycles. The number of unbranched alkanes of at least 4 members (excludes halogenated alkanes) is 1. The number of hydrogen-bond acceptors (Lipinski definition) is 4. The summed E-state index contributed by atoms with van der Waals surface area (Å²) in [6.07, 6.45) is 1.76. The molecule has 0 atom stereocenters. The number of nitrogens with zero attached hydrogens (tertiary/aromatic N) is 2. The van der Waals surface area contributed by atoms with Gasteiger partial charge in [0.2, 0.25) is 5.95 Å². The summed E-state index contributed by atoms with van der Waals surface area (Å²) in [5.74, 6) is -0.0971. The molecule has 1 heterocycles. The summed E-state index contributed by atoms with van der Waals surface area (Å²) in [4.78, 5) is 4.20. The lowest BCUT2D eigenvalue weighted by Crippen LogP contribution is -2.06. The van der Waals surface area contributed by atoms with Crippen LogP contribution < -0.4 is 5.73 Å². The minimum absolute atomic E-state index is 0.0543. The quantitative estimate of drug-likeness (QED) is 0.761. The zero-order valence-electron chi connectivity index (χ0n) is 11.9. The minimum Gasteiger partial charge on any atom is -0.382 e. The molecule has 7 heteroatoms. The van der Waals surface area contributed by atoms with E-state index in [1.165, 1.54) is 12.1 Å². The predicted octanol–water partition coefficient (Wildman–Crippen LogP) is 2.85. The molecule has 0 bridgehead atoms. The van der Waals surface area contributed by atoms with Gasteiger partial charge in [0.05, 0.1) is 29.3 Å². The maximum Gasteiger partial charge on any atom is 0.201 e. The third-order valence-electron chi connectivity index (χ3n) is 3.17. The molecule has 0 aliphatic heterocycles. The summed E-state index contributed by atoms with van der Waals surface area (Å²) in [7, 11) is 1.64. The summed E-state index contributed by atoms with van der Waals surface area (Å²) in [6, 6.07) is 2.86. The first kappa shape index (κ1) is 16.0. The molecule has 0 saturated heterocycles. The van der Waals surface area contributed by atoms with E-state index in [1.54, 1.807) is 11.7 Å². The Labute approximate surface area is 127 Å². The van der Waals surface area contributed by atoms with Crippen molar-refractivity contribution in [2.24, 2.45) is 0 Å². The molecule has 0 spiro atoms. The number of ether oxygens (including phenoxy) is 2. The zero-order valence-corrected chi connectivity index (χ0v) is 12.7. The number of hydrogen-bond donors (Lipinski definition) is 1. The Hall–Kier alpha value is -1.37. The fourth-order valence-corrected chi connectivity index (χ4v) is 2.25. The van der Waals surface area contributed by atoms with E-state index in [1.807, 2.05) is 0 Å². The molecule has 0 amide bonds. The first-order valence-corrected chi connectivity index (χ1v) is 7.18. The molecule has 0 unspecified atom stereocenters. The van der Waals surface area contributed by atoms with Crippen molar-refractivity contribution in [2.45, 2.75) is 19.4 Å². The molecule has 116 valence electrons. The maximum absolute atomic E-state index is 13.6. The average molecular weight is 316 g/mol. The van der Waals surface area contributed by atoms with Crippen LogP contribution in [0.1, 0.15) is 12.8 Å². The standard InChI is InChI=1S/C14H19ClFN3O2/c1-20-6-7-21-5-3-2-4-19-13-9-11(16)10(15)8-12(13)18-14(19)17/h8-9H,2-7H2,1H3,(H2,17,18). The minimum atomic E-state index is -0.465. The second kappa shape index (κ2) is 7.59. The van der Waals surface area contributed by atoms with Crippen molar-refractivity contribution in [2.75, 3.05) is 32.7 Å². The van der Waals surface area contributed by atoms with Gasteiger partial charge in [-0.3, -0.25) is 0 Å². The number of nitrogen functional groups attached to an aromatic ring is 1. The van der Waals surface area contributed by atoms with Gasteiger partial charge in [0.1, 0.15) is 5.82 Å². The first-order chi connectivity index (χ1) is 10.1. The SMILES string of the molecule is COCCOCCCCn1c(N)nc2cc(Cl)c(F)cc21. The number of imidazole rings is 1. The van der Waals surface area contributed by atoms with Crippen molar-refractivity contribution in [3.63, 3.8) is 0 Å². The molecule has 2 N–H and O–H groups in total.